The lowest BCUT2D eigenvalue weighted by molar-refractivity contribution is -0.384. The molecule has 0 saturated carbocycles. The normalized spacial score (nSPS) is 10.3. The molecule has 1 heterocycles. The van der Waals surface area contributed by atoms with Gasteiger partial charge in [-0.1, -0.05) is 19.1 Å². The van der Waals surface area contributed by atoms with Crippen molar-refractivity contribution in [2.75, 3.05) is 0 Å². The van der Waals surface area contributed by atoms with E-state index < -0.39 is 16.5 Å². The fraction of sp³-hybridized carbons (Fsp3) is 0.267. The van der Waals surface area contributed by atoms with E-state index in [1.54, 1.807) is 26.0 Å². The highest BCUT2D eigenvalue weighted by Crippen LogP contribution is 2.15. The van der Waals surface area contributed by atoms with Crippen molar-refractivity contribution in [1.29, 1.82) is 0 Å². The minimum Gasteiger partial charge on any atom is -0.419 e. The molecule has 0 spiro atoms. The monoisotopic (exact) mass is 317 g/mol. The molecule has 8 nitrogen and oxygen atoms in total. The lowest BCUT2D eigenvalue weighted by Crippen LogP contribution is -2.20. The third-order valence-electron chi connectivity index (χ3n) is 3.12. The highest BCUT2D eigenvalue weighted by molar-refractivity contribution is 5.72. The van der Waals surface area contributed by atoms with Crippen molar-refractivity contribution < 1.29 is 14.5 Å². The van der Waals surface area contributed by atoms with Gasteiger partial charge < -0.3 is 9.72 Å². The van der Waals surface area contributed by atoms with Crippen LogP contribution in [0, 0.1) is 17.0 Å². The molecule has 0 radical (unpaired) electrons. The number of esters is 1. The number of aryl methyl sites for hydroxylation is 1. The Morgan fingerprint density at radius 2 is 2.00 bits per heavy atom. The molecule has 0 aliphatic rings. The molecule has 1 aromatic carbocycles. The Morgan fingerprint density at radius 3 is 2.52 bits per heavy atom. The molecular formula is C15H15N3O5. The third-order valence-corrected chi connectivity index (χ3v) is 3.12. The van der Waals surface area contributed by atoms with Crippen LogP contribution < -0.4 is 10.3 Å². The number of nitrogens with one attached hydrogen (secondary N) is 1. The molecule has 8 heteroatoms. The molecule has 1 aromatic heterocycles. The fourth-order valence-corrected chi connectivity index (χ4v) is 1.95. The first-order valence-electron chi connectivity index (χ1n) is 6.94. The summed E-state index contributed by atoms with van der Waals surface area (Å²) >= 11 is 0. The quantitative estimate of drug-likeness (QED) is 0.511. The standard InChI is InChI=1S/C15H15N3O5/c1-3-13(19)23-14-9(2)16-12(17-15(14)20)8-10-4-6-11(7-5-10)18(21)22/h4-7H,3,8H2,1-2H3,(H,16,17,20). The highest BCUT2D eigenvalue weighted by Gasteiger charge is 2.13. The fourth-order valence-electron chi connectivity index (χ4n) is 1.95. The van der Waals surface area contributed by atoms with Crippen molar-refractivity contribution >= 4 is 11.7 Å². The Bertz CT molecular complexity index is 796. The van der Waals surface area contributed by atoms with Gasteiger partial charge in [0.15, 0.2) is 0 Å². The summed E-state index contributed by atoms with van der Waals surface area (Å²) in [4.78, 5) is 40.2. The second kappa shape index (κ2) is 6.82. The van der Waals surface area contributed by atoms with Gasteiger partial charge in [-0.2, -0.15) is 0 Å². The number of aromatic nitrogens is 2. The van der Waals surface area contributed by atoms with Gasteiger partial charge in [-0.25, -0.2) is 4.98 Å². The summed E-state index contributed by atoms with van der Waals surface area (Å²) in [5, 5.41) is 10.6. The van der Waals surface area contributed by atoms with Gasteiger partial charge in [0.2, 0.25) is 5.75 Å². The number of hydrogen-bond acceptors (Lipinski definition) is 6. The Kier molecular flexibility index (Phi) is 4.85. The van der Waals surface area contributed by atoms with Crippen molar-refractivity contribution in [3.05, 3.63) is 61.8 Å². The molecule has 120 valence electrons. The lowest BCUT2D eigenvalue weighted by atomic mass is 10.1. The maximum absolute atomic E-state index is 12.0. The molecule has 0 saturated heterocycles. The Morgan fingerprint density at radius 1 is 1.35 bits per heavy atom. The van der Waals surface area contributed by atoms with Gasteiger partial charge >= 0.3 is 5.97 Å². The molecule has 0 fully saturated rings. The van der Waals surface area contributed by atoms with E-state index in [9.17, 15) is 19.7 Å². The number of aromatic amines is 1. The Labute approximate surface area is 131 Å². The average Bonchev–Trinajstić information content (AvgIpc) is 2.51. The van der Waals surface area contributed by atoms with E-state index >= 15 is 0 Å². The van der Waals surface area contributed by atoms with E-state index in [0.717, 1.165) is 5.56 Å². The Hall–Kier alpha value is -3.03. The number of carbonyl (C=O) groups is 1. The molecule has 0 amide bonds. The van der Waals surface area contributed by atoms with Crippen molar-refractivity contribution in [3.63, 3.8) is 0 Å². The van der Waals surface area contributed by atoms with Crippen LogP contribution in [0.5, 0.6) is 5.75 Å². The van der Waals surface area contributed by atoms with Crippen LogP contribution in [0.3, 0.4) is 0 Å². The molecule has 0 aliphatic heterocycles. The van der Waals surface area contributed by atoms with Crippen LogP contribution >= 0.6 is 0 Å². The number of nitrogens with zero attached hydrogens (tertiary/aromatic N) is 2. The first-order valence-corrected chi connectivity index (χ1v) is 6.94. The van der Waals surface area contributed by atoms with Gasteiger partial charge in [0.25, 0.3) is 11.2 Å². The molecule has 0 aliphatic carbocycles. The minimum absolute atomic E-state index is 0.00629. The largest absolute Gasteiger partial charge is 0.419 e. The van der Waals surface area contributed by atoms with Gasteiger partial charge in [0.05, 0.1) is 10.6 Å². The number of non-ortho nitro benzene ring substituents is 1. The molecule has 2 aromatic rings. The van der Waals surface area contributed by atoms with E-state index in [4.69, 9.17) is 4.74 Å². The molecule has 0 unspecified atom stereocenters. The zero-order chi connectivity index (χ0) is 17.0. The van der Waals surface area contributed by atoms with Gasteiger partial charge in [-0.3, -0.25) is 19.7 Å². The second-order valence-corrected chi connectivity index (χ2v) is 4.86. The zero-order valence-electron chi connectivity index (χ0n) is 12.7. The molecule has 0 bridgehead atoms. The number of nitro groups is 1. The van der Waals surface area contributed by atoms with E-state index in [-0.39, 0.29) is 17.9 Å². The van der Waals surface area contributed by atoms with E-state index in [0.29, 0.717) is 17.9 Å². The summed E-state index contributed by atoms with van der Waals surface area (Å²) in [6.07, 6.45) is 0.458. The SMILES string of the molecule is CCC(=O)Oc1c(C)nc(Cc2ccc([N+](=O)[O-])cc2)[nH]c1=O. The lowest BCUT2D eigenvalue weighted by Gasteiger charge is -2.07. The van der Waals surface area contributed by atoms with Crippen LogP contribution in [-0.4, -0.2) is 20.9 Å². The zero-order valence-corrected chi connectivity index (χ0v) is 12.7. The molecule has 2 rings (SSSR count). The summed E-state index contributed by atoms with van der Waals surface area (Å²) in [6, 6.07) is 5.96. The van der Waals surface area contributed by atoms with Crippen LogP contribution in [0.2, 0.25) is 0 Å². The predicted octanol–water partition coefficient (Wildman–Crippen LogP) is 1.89. The summed E-state index contributed by atoms with van der Waals surface area (Å²) in [6.45, 7) is 3.20. The van der Waals surface area contributed by atoms with Gasteiger partial charge in [0, 0.05) is 25.0 Å². The van der Waals surface area contributed by atoms with Crippen molar-refractivity contribution in [3.8, 4) is 5.75 Å². The molecule has 23 heavy (non-hydrogen) atoms. The number of hydrogen-bond donors (Lipinski definition) is 1. The molecular weight excluding hydrogens is 302 g/mol. The highest BCUT2D eigenvalue weighted by atomic mass is 16.6. The topological polar surface area (TPSA) is 115 Å². The van der Waals surface area contributed by atoms with Crippen LogP contribution in [0.25, 0.3) is 0 Å². The summed E-state index contributed by atoms with van der Waals surface area (Å²) in [5.41, 5.74) is 0.535. The summed E-state index contributed by atoms with van der Waals surface area (Å²) in [7, 11) is 0. The number of nitro benzene ring substituents is 1. The van der Waals surface area contributed by atoms with Crippen molar-refractivity contribution in [1.82, 2.24) is 9.97 Å². The second-order valence-electron chi connectivity index (χ2n) is 4.86. The maximum Gasteiger partial charge on any atom is 0.311 e. The van der Waals surface area contributed by atoms with Gasteiger partial charge in [-0.05, 0) is 12.5 Å². The first kappa shape index (κ1) is 16.3. The van der Waals surface area contributed by atoms with Crippen LogP contribution in [0.4, 0.5) is 5.69 Å². The number of carbonyl (C=O) groups excluding carboxylic acids is 1. The third kappa shape index (κ3) is 4.00. The van der Waals surface area contributed by atoms with Gasteiger partial charge in [0.1, 0.15) is 5.82 Å². The number of benzene rings is 1. The van der Waals surface area contributed by atoms with Crippen LogP contribution in [0.1, 0.15) is 30.4 Å². The van der Waals surface area contributed by atoms with Crippen molar-refractivity contribution in [2.24, 2.45) is 0 Å². The average molecular weight is 317 g/mol. The van der Waals surface area contributed by atoms with E-state index in [2.05, 4.69) is 9.97 Å². The van der Waals surface area contributed by atoms with E-state index in [1.807, 2.05) is 0 Å². The van der Waals surface area contributed by atoms with Gasteiger partial charge in [-0.15, -0.1) is 0 Å². The summed E-state index contributed by atoms with van der Waals surface area (Å²) < 4.78 is 4.95. The Balaban J connectivity index is 2.22. The van der Waals surface area contributed by atoms with Crippen molar-refractivity contribution in [2.45, 2.75) is 26.7 Å². The predicted molar refractivity (Wildman–Crippen MR) is 81.4 cm³/mol. The molecule has 1 N–H and O–H groups in total. The number of ether oxygens (including phenoxy) is 1. The van der Waals surface area contributed by atoms with Crippen LogP contribution in [-0.2, 0) is 11.2 Å². The smallest absolute Gasteiger partial charge is 0.311 e. The minimum atomic E-state index is -0.531. The summed E-state index contributed by atoms with van der Waals surface area (Å²) in [5.74, 6) is -0.231. The first-order chi connectivity index (χ1) is 10.9. The number of rotatable bonds is 5. The van der Waals surface area contributed by atoms with Crippen LogP contribution in [0.15, 0.2) is 29.1 Å². The molecule has 0 atom stereocenters. The number of H-pyrrole nitrogens is 1. The van der Waals surface area contributed by atoms with E-state index in [1.165, 1.54) is 12.1 Å². The maximum atomic E-state index is 12.0.